The first-order valence-electron chi connectivity index (χ1n) is 7.77. The Morgan fingerprint density at radius 2 is 2.08 bits per heavy atom. The first kappa shape index (κ1) is 17.1. The highest BCUT2D eigenvalue weighted by Gasteiger charge is 2.24. The van der Waals surface area contributed by atoms with E-state index in [1.54, 1.807) is 24.3 Å². The number of anilines is 1. The molecule has 0 radical (unpaired) electrons. The molecule has 0 saturated carbocycles. The lowest BCUT2D eigenvalue weighted by Crippen LogP contribution is -2.15. The van der Waals surface area contributed by atoms with E-state index in [1.807, 2.05) is 24.3 Å². The number of nitrogens with zero attached hydrogens (tertiary/aromatic N) is 5. The van der Waals surface area contributed by atoms with Gasteiger partial charge in [-0.25, -0.2) is 14.6 Å². The van der Waals surface area contributed by atoms with E-state index in [0.29, 0.717) is 5.13 Å². The molecule has 1 aromatic carbocycles. The molecular formula is C17H20N6OS. The van der Waals surface area contributed by atoms with Crippen molar-refractivity contribution >= 4 is 22.7 Å². The maximum Gasteiger partial charge on any atom is 0.205 e. The second kappa shape index (κ2) is 7.02. The molecule has 0 spiro atoms. The number of para-hydroxylation sites is 1. The minimum Gasteiger partial charge on any atom is -0.496 e. The standard InChI is InChI=1S/C17H20N6OS/c1-17(2,3)14-15(23-11-18-10-20-23)25-16(21-14)22-19-9-12-7-5-6-8-13(12)24-4/h5-11H,1-4H3,(H,21,22)/b19-9+. The summed E-state index contributed by atoms with van der Waals surface area (Å²) in [5.74, 6) is 0.769. The van der Waals surface area contributed by atoms with Crippen molar-refractivity contribution in [3.8, 4) is 10.8 Å². The van der Waals surface area contributed by atoms with Crippen LogP contribution in [0.1, 0.15) is 32.0 Å². The third kappa shape index (κ3) is 3.85. The normalized spacial score (nSPS) is 11.8. The number of rotatable bonds is 5. The zero-order chi connectivity index (χ0) is 17.9. The van der Waals surface area contributed by atoms with Crippen molar-refractivity contribution in [2.75, 3.05) is 12.5 Å². The summed E-state index contributed by atoms with van der Waals surface area (Å²) < 4.78 is 7.04. The first-order valence-corrected chi connectivity index (χ1v) is 8.59. The summed E-state index contributed by atoms with van der Waals surface area (Å²) in [6.07, 6.45) is 4.90. The summed E-state index contributed by atoms with van der Waals surface area (Å²) in [4.78, 5) is 8.70. The van der Waals surface area contributed by atoms with Gasteiger partial charge in [0.05, 0.1) is 19.0 Å². The molecule has 2 aromatic heterocycles. The average molecular weight is 356 g/mol. The SMILES string of the molecule is COc1ccccc1/C=N/Nc1nc(C(C)(C)C)c(-n2cncn2)s1. The third-order valence-electron chi connectivity index (χ3n) is 3.45. The summed E-state index contributed by atoms with van der Waals surface area (Å²) in [5, 5.41) is 10.1. The van der Waals surface area contributed by atoms with Gasteiger partial charge in [0.2, 0.25) is 5.13 Å². The van der Waals surface area contributed by atoms with Crippen molar-refractivity contribution in [2.45, 2.75) is 26.2 Å². The van der Waals surface area contributed by atoms with Crippen LogP contribution < -0.4 is 10.2 Å². The van der Waals surface area contributed by atoms with Gasteiger partial charge in [0.25, 0.3) is 0 Å². The van der Waals surface area contributed by atoms with Gasteiger partial charge in [-0.05, 0) is 12.1 Å². The second-order valence-electron chi connectivity index (χ2n) is 6.37. The number of aromatic nitrogens is 4. The maximum absolute atomic E-state index is 5.31. The fourth-order valence-corrected chi connectivity index (χ4v) is 3.30. The predicted octanol–water partition coefficient (Wildman–Crippen LogP) is 3.48. The first-order chi connectivity index (χ1) is 12.0. The molecule has 1 N–H and O–H groups in total. The Morgan fingerprint density at radius 1 is 1.28 bits per heavy atom. The monoisotopic (exact) mass is 356 g/mol. The van der Waals surface area contributed by atoms with Crippen molar-refractivity contribution in [3.63, 3.8) is 0 Å². The van der Waals surface area contributed by atoms with Gasteiger partial charge >= 0.3 is 0 Å². The summed E-state index contributed by atoms with van der Waals surface area (Å²) in [7, 11) is 1.64. The van der Waals surface area contributed by atoms with Gasteiger partial charge in [-0.15, -0.1) is 0 Å². The van der Waals surface area contributed by atoms with Gasteiger partial charge in [0, 0.05) is 11.0 Å². The largest absolute Gasteiger partial charge is 0.496 e. The van der Waals surface area contributed by atoms with Crippen LogP contribution in [-0.4, -0.2) is 33.1 Å². The highest BCUT2D eigenvalue weighted by molar-refractivity contribution is 7.18. The van der Waals surface area contributed by atoms with E-state index in [9.17, 15) is 0 Å². The molecule has 2 heterocycles. The van der Waals surface area contributed by atoms with Crippen LogP contribution >= 0.6 is 11.3 Å². The molecule has 0 unspecified atom stereocenters. The second-order valence-corrected chi connectivity index (χ2v) is 7.35. The van der Waals surface area contributed by atoms with Crippen molar-refractivity contribution in [2.24, 2.45) is 5.10 Å². The molecule has 0 amide bonds. The van der Waals surface area contributed by atoms with E-state index in [2.05, 4.69) is 46.4 Å². The van der Waals surface area contributed by atoms with Crippen LogP contribution in [-0.2, 0) is 5.41 Å². The number of thiazole rings is 1. The topological polar surface area (TPSA) is 77.2 Å². The lowest BCUT2D eigenvalue weighted by atomic mass is 9.92. The van der Waals surface area contributed by atoms with Crippen LogP contribution in [0.4, 0.5) is 5.13 Å². The van der Waals surface area contributed by atoms with Crippen molar-refractivity contribution in [3.05, 3.63) is 48.2 Å². The Bertz CT molecular complexity index is 864. The fourth-order valence-electron chi connectivity index (χ4n) is 2.25. The fraction of sp³-hybridized carbons (Fsp3) is 0.294. The van der Waals surface area contributed by atoms with Crippen LogP contribution in [0.3, 0.4) is 0 Å². The van der Waals surface area contributed by atoms with E-state index in [-0.39, 0.29) is 5.41 Å². The zero-order valence-corrected chi connectivity index (χ0v) is 15.4. The molecule has 130 valence electrons. The van der Waals surface area contributed by atoms with E-state index in [0.717, 1.165) is 22.0 Å². The molecule has 0 atom stereocenters. The Kier molecular flexibility index (Phi) is 4.80. The summed E-state index contributed by atoms with van der Waals surface area (Å²) in [5.41, 5.74) is 4.71. The molecular weight excluding hydrogens is 336 g/mol. The van der Waals surface area contributed by atoms with Crippen LogP contribution in [0.2, 0.25) is 0 Å². The third-order valence-corrected chi connectivity index (χ3v) is 4.40. The number of hydrogen-bond acceptors (Lipinski definition) is 7. The molecule has 0 bridgehead atoms. The maximum atomic E-state index is 5.31. The Morgan fingerprint density at radius 3 is 2.76 bits per heavy atom. The smallest absolute Gasteiger partial charge is 0.205 e. The average Bonchev–Trinajstić information content (AvgIpc) is 3.24. The van der Waals surface area contributed by atoms with Gasteiger partial charge in [-0.3, -0.25) is 5.43 Å². The van der Waals surface area contributed by atoms with Gasteiger partial charge < -0.3 is 4.74 Å². The summed E-state index contributed by atoms with van der Waals surface area (Å²) >= 11 is 1.48. The molecule has 8 heteroatoms. The van der Waals surface area contributed by atoms with Gasteiger partial charge in [-0.1, -0.05) is 44.2 Å². The van der Waals surface area contributed by atoms with E-state index in [1.165, 1.54) is 17.7 Å². The zero-order valence-electron chi connectivity index (χ0n) is 14.6. The highest BCUT2D eigenvalue weighted by atomic mass is 32.1. The molecule has 7 nitrogen and oxygen atoms in total. The van der Waals surface area contributed by atoms with Crippen LogP contribution in [0.25, 0.3) is 5.00 Å². The summed E-state index contributed by atoms with van der Waals surface area (Å²) in [6.45, 7) is 6.35. The number of nitrogens with one attached hydrogen (secondary N) is 1. The van der Waals surface area contributed by atoms with Crippen LogP contribution in [0.15, 0.2) is 42.0 Å². The minimum atomic E-state index is -0.121. The quantitative estimate of drug-likeness (QED) is 0.559. The van der Waals surface area contributed by atoms with Crippen LogP contribution in [0, 0.1) is 0 Å². The molecule has 3 rings (SSSR count). The minimum absolute atomic E-state index is 0.121. The molecule has 0 aliphatic carbocycles. The number of methoxy groups -OCH3 is 1. The molecule has 0 aliphatic rings. The van der Waals surface area contributed by atoms with Gasteiger partial charge in [-0.2, -0.15) is 10.2 Å². The van der Waals surface area contributed by atoms with Crippen molar-refractivity contribution in [1.82, 2.24) is 19.7 Å². The van der Waals surface area contributed by atoms with E-state index >= 15 is 0 Å². The number of hydrogen-bond donors (Lipinski definition) is 1. The Hall–Kier alpha value is -2.74. The van der Waals surface area contributed by atoms with Gasteiger partial charge in [0.15, 0.2) is 0 Å². The Labute approximate surface area is 150 Å². The Balaban J connectivity index is 1.85. The number of hydrazone groups is 1. The predicted molar refractivity (Wildman–Crippen MR) is 99.9 cm³/mol. The van der Waals surface area contributed by atoms with E-state index in [4.69, 9.17) is 4.74 Å². The lowest BCUT2D eigenvalue weighted by molar-refractivity contribution is 0.414. The van der Waals surface area contributed by atoms with Crippen molar-refractivity contribution < 1.29 is 4.74 Å². The molecule has 0 aliphatic heterocycles. The van der Waals surface area contributed by atoms with Crippen LogP contribution in [0.5, 0.6) is 5.75 Å². The lowest BCUT2D eigenvalue weighted by Gasteiger charge is -2.16. The van der Waals surface area contributed by atoms with Crippen molar-refractivity contribution in [1.29, 1.82) is 0 Å². The van der Waals surface area contributed by atoms with E-state index < -0.39 is 0 Å². The number of benzene rings is 1. The molecule has 3 aromatic rings. The van der Waals surface area contributed by atoms with Gasteiger partial charge in [0.1, 0.15) is 23.4 Å². The number of ether oxygens (including phenoxy) is 1. The highest BCUT2D eigenvalue weighted by Crippen LogP contribution is 2.34. The molecule has 25 heavy (non-hydrogen) atoms. The molecule has 0 fully saturated rings. The molecule has 0 saturated heterocycles. The summed E-state index contributed by atoms with van der Waals surface area (Å²) in [6, 6.07) is 7.69.